The third kappa shape index (κ3) is 6.58. The number of benzene rings is 1. The number of hydrogen-bond donors (Lipinski definition) is 4. The first-order valence-electron chi connectivity index (χ1n) is 14.3. The van der Waals surface area contributed by atoms with Gasteiger partial charge in [-0.25, -0.2) is 0 Å². The summed E-state index contributed by atoms with van der Waals surface area (Å²) in [6.07, 6.45) is 1.13. The van der Waals surface area contributed by atoms with Crippen LogP contribution in [-0.2, 0) is 16.0 Å². The zero-order chi connectivity index (χ0) is 31.4. The van der Waals surface area contributed by atoms with Crippen LogP contribution in [0.2, 0.25) is 0 Å². The fourth-order valence-electron chi connectivity index (χ4n) is 5.31. The Kier molecular flexibility index (Phi) is 9.57. The molecule has 0 saturated heterocycles. The van der Waals surface area contributed by atoms with E-state index in [9.17, 15) is 14.4 Å². The molecule has 0 aliphatic heterocycles. The van der Waals surface area contributed by atoms with E-state index in [0.717, 1.165) is 11.1 Å². The van der Waals surface area contributed by atoms with Gasteiger partial charge in [0.1, 0.15) is 11.9 Å². The topological polar surface area (TPSA) is 157 Å². The summed E-state index contributed by atoms with van der Waals surface area (Å²) in [5, 5.41) is 15.8. The summed E-state index contributed by atoms with van der Waals surface area (Å²) in [5.41, 5.74) is 2.88. The van der Waals surface area contributed by atoms with E-state index in [4.69, 9.17) is 14.2 Å². The van der Waals surface area contributed by atoms with Crippen molar-refractivity contribution in [3.05, 3.63) is 51.4 Å². The maximum absolute atomic E-state index is 13.7. The molecule has 1 aliphatic carbocycles. The number of aryl methyl sites for hydroxylation is 1. The van der Waals surface area contributed by atoms with Gasteiger partial charge in [-0.05, 0) is 53.6 Å². The Morgan fingerprint density at radius 3 is 2.33 bits per heavy atom. The molecule has 4 rings (SSSR count). The maximum atomic E-state index is 13.7. The standard InChI is InChI=1S/C31H40N6O6/c1-15(2)26(30(40)35-31-34-29(16(3)4)36-37-31)33-22-12-10-19-20(14-23(22)39)21(32-17(5)38)11-9-18-13-24(41-6)27(42-7)28(43-8)25(18)19/h10,12-16,21,26H,9,11H2,1-8H3,(H,32,38)(H,33,39)(H2,34,35,36,37,40)/t21-,26+/m0/s1. The number of aromatic nitrogens is 3. The van der Waals surface area contributed by atoms with E-state index < -0.39 is 12.1 Å². The number of nitrogens with one attached hydrogen (secondary N) is 4. The summed E-state index contributed by atoms with van der Waals surface area (Å²) in [5.74, 6) is 1.55. The molecule has 12 nitrogen and oxygen atoms in total. The van der Waals surface area contributed by atoms with Crippen LogP contribution in [-0.4, -0.2) is 54.4 Å². The normalized spacial score (nSPS) is 14.7. The molecular weight excluding hydrogens is 552 g/mol. The van der Waals surface area contributed by atoms with Gasteiger partial charge in [-0.1, -0.05) is 33.8 Å². The fourth-order valence-corrected chi connectivity index (χ4v) is 5.31. The number of carbonyl (C=O) groups excluding carboxylic acids is 2. The second-order valence-electron chi connectivity index (χ2n) is 11.2. The van der Waals surface area contributed by atoms with E-state index in [1.165, 1.54) is 20.1 Å². The predicted molar refractivity (Wildman–Crippen MR) is 164 cm³/mol. The molecule has 12 heteroatoms. The van der Waals surface area contributed by atoms with Gasteiger partial charge in [0.05, 0.1) is 33.1 Å². The highest BCUT2D eigenvalue weighted by Crippen LogP contribution is 2.50. The van der Waals surface area contributed by atoms with Gasteiger partial charge >= 0.3 is 0 Å². The van der Waals surface area contributed by atoms with Crippen molar-refractivity contribution in [2.45, 2.75) is 65.5 Å². The van der Waals surface area contributed by atoms with Crippen LogP contribution in [0.1, 0.15) is 70.0 Å². The molecule has 0 bridgehead atoms. The summed E-state index contributed by atoms with van der Waals surface area (Å²) in [6.45, 7) is 9.14. The van der Waals surface area contributed by atoms with Gasteiger partial charge in [0.25, 0.3) is 0 Å². The van der Waals surface area contributed by atoms with Crippen molar-refractivity contribution in [1.29, 1.82) is 0 Å². The molecule has 0 spiro atoms. The van der Waals surface area contributed by atoms with Gasteiger partial charge in [-0.15, -0.1) is 5.10 Å². The van der Waals surface area contributed by atoms with E-state index in [-0.39, 0.29) is 40.7 Å². The molecule has 230 valence electrons. The number of ether oxygens (including phenoxy) is 3. The third-order valence-electron chi connectivity index (χ3n) is 7.46. The summed E-state index contributed by atoms with van der Waals surface area (Å²) >= 11 is 0. The minimum Gasteiger partial charge on any atom is -0.493 e. The van der Waals surface area contributed by atoms with E-state index in [1.807, 2.05) is 39.8 Å². The lowest BCUT2D eigenvalue weighted by Gasteiger charge is -2.21. The summed E-state index contributed by atoms with van der Waals surface area (Å²) in [7, 11) is 4.64. The fraction of sp³-hybridized carbons (Fsp3) is 0.452. The SMILES string of the molecule is COc1cc2c(c(OC)c1OC)-c1ccc(N[C@@H](C(=O)Nc3n[nH]c(C(C)C)n3)C(C)C)c(=O)cc1[C@@H](NC(C)=O)CC2. The van der Waals surface area contributed by atoms with Gasteiger partial charge < -0.3 is 24.8 Å². The Labute approximate surface area is 250 Å². The monoisotopic (exact) mass is 592 g/mol. The van der Waals surface area contributed by atoms with E-state index in [1.54, 1.807) is 20.3 Å². The van der Waals surface area contributed by atoms with Crippen molar-refractivity contribution < 1.29 is 23.8 Å². The number of rotatable bonds is 10. The van der Waals surface area contributed by atoms with Gasteiger partial charge in [0, 0.05) is 18.4 Å². The first-order valence-corrected chi connectivity index (χ1v) is 14.3. The maximum Gasteiger partial charge on any atom is 0.249 e. The van der Waals surface area contributed by atoms with Crippen LogP contribution < -0.4 is 35.6 Å². The summed E-state index contributed by atoms with van der Waals surface area (Å²) < 4.78 is 17.1. The number of amides is 2. The summed E-state index contributed by atoms with van der Waals surface area (Å²) in [4.78, 5) is 43.6. The number of methoxy groups -OCH3 is 3. The van der Waals surface area contributed by atoms with Crippen LogP contribution in [0.25, 0.3) is 11.1 Å². The van der Waals surface area contributed by atoms with Crippen molar-refractivity contribution in [3.8, 4) is 28.4 Å². The number of aromatic amines is 1. The molecular formula is C31H40N6O6. The highest BCUT2D eigenvalue weighted by atomic mass is 16.5. The first-order chi connectivity index (χ1) is 20.5. The highest BCUT2D eigenvalue weighted by Gasteiger charge is 2.30. The number of anilines is 2. The molecule has 2 atom stereocenters. The van der Waals surface area contributed by atoms with Gasteiger partial charge in [-0.3, -0.25) is 24.8 Å². The van der Waals surface area contributed by atoms with Crippen LogP contribution >= 0.6 is 0 Å². The second-order valence-corrected chi connectivity index (χ2v) is 11.2. The summed E-state index contributed by atoms with van der Waals surface area (Å²) in [6, 6.07) is 5.67. The van der Waals surface area contributed by atoms with E-state index in [0.29, 0.717) is 47.0 Å². The molecule has 3 aromatic rings. The van der Waals surface area contributed by atoms with Crippen molar-refractivity contribution in [2.75, 3.05) is 32.0 Å². The molecule has 4 N–H and O–H groups in total. The second kappa shape index (κ2) is 13.1. The van der Waals surface area contributed by atoms with Gasteiger partial charge in [0.15, 0.2) is 11.5 Å². The highest BCUT2D eigenvalue weighted by molar-refractivity contribution is 5.95. The number of nitrogens with zero attached hydrogens (tertiary/aromatic N) is 2. The Balaban J connectivity index is 1.82. The third-order valence-corrected chi connectivity index (χ3v) is 7.46. The first kappa shape index (κ1) is 31.3. The molecule has 1 heterocycles. The van der Waals surface area contributed by atoms with Crippen LogP contribution in [0.15, 0.2) is 29.1 Å². The largest absolute Gasteiger partial charge is 0.493 e. The number of H-pyrrole nitrogens is 1. The van der Waals surface area contributed by atoms with Crippen LogP contribution in [0.4, 0.5) is 11.6 Å². The predicted octanol–water partition coefficient (Wildman–Crippen LogP) is 4.18. The smallest absolute Gasteiger partial charge is 0.249 e. The Hall–Kier alpha value is -4.61. The Morgan fingerprint density at radius 1 is 1.02 bits per heavy atom. The number of hydrogen-bond acceptors (Lipinski definition) is 9. The molecule has 2 amide bonds. The quantitative estimate of drug-likeness (QED) is 0.271. The van der Waals surface area contributed by atoms with Crippen molar-refractivity contribution in [2.24, 2.45) is 5.92 Å². The van der Waals surface area contributed by atoms with Gasteiger partial charge in [-0.2, -0.15) is 4.98 Å². The Bertz CT molecular complexity index is 1570. The lowest BCUT2D eigenvalue weighted by Crippen LogP contribution is -2.40. The minimum atomic E-state index is -0.770. The molecule has 0 unspecified atom stereocenters. The number of carbonyl (C=O) groups is 2. The van der Waals surface area contributed by atoms with E-state index in [2.05, 4.69) is 31.1 Å². The molecule has 1 aromatic heterocycles. The zero-order valence-electron chi connectivity index (χ0n) is 25.9. The lowest BCUT2D eigenvalue weighted by atomic mass is 9.95. The minimum absolute atomic E-state index is 0.117. The van der Waals surface area contributed by atoms with Crippen molar-refractivity contribution in [3.63, 3.8) is 0 Å². The molecule has 0 fully saturated rings. The van der Waals surface area contributed by atoms with Crippen molar-refractivity contribution >= 4 is 23.5 Å². The van der Waals surface area contributed by atoms with Gasteiger partial charge in [0.2, 0.25) is 28.9 Å². The van der Waals surface area contributed by atoms with E-state index >= 15 is 0 Å². The lowest BCUT2D eigenvalue weighted by molar-refractivity contribution is -0.120. The number of fused-ring (bicyclic) bond motifs is 3. The molecule has 0 saturated carbocycles. The molecule has 2 aromatic carbocycles. The zero-order valence-corrected chi connectivity index (χ0v) is 25.9. The Morgan fingerprint density at radius 2 is 1.74 bits per heavy atom. The van der Waals surface area contributed by atoms with Crippen molar-refractivity contribution in [1.82, 2.24) is 20.5 Å². The molecule has 0 radical (unpaired) electrons. The molecule has 43 heavy (non-hydrogen) atoms. The van der Waals surface area contributed by atoms with Crippen LogP contribution in [0, 0.1) is 5.92 Å². The molecule has 1 aliphatic rings. The van der Waals surface area contributed by atoms with Crippen LogP contribution in [0.3, 0.4) is 0 Å². The average molecular weight is 593 g/mol. The average Bonchev–Trinajstić information content (AvgIpc) is 3.31. The van der Waals surface area contributed by atoms with Crippen LogP contribution in [0.5, 0.6) is 17.2 Å².